The van der Waals surface area contributed by atoms with Gasteiger partial charge in [0.25, 0.3) is 5.91 Å². The lowest BCUT2D eigenvalue weighted by molar-refractivity contribution is -0.117. The summed E-state index contributed by atoms with van der Waals surface area (Å²) in [5.74, 6) is -0.578. The predicted octanol–water partition coefficient (Wildman–Crippen LogP) is 2.99. The Balaban J connectivity index is 2.17. The van der Waals surface area contributed by atoms with Crippen LogP contribution in [-0.4, -0.2) is 22.0 Å². The highest BCUT2D eigenvalue weighted by Crippen LogP contribution is 2.27. The molecule has 0 saturated carbocycles. The summed E-state index contributed by atoms with van der Waals surface area (Å²) < 4.78 is 0. The Morgan fingerprint density at radius 3 is 2.74 bits per heavy atom. The summed E-state index contributed by atoms with van der Waals surface area (Å²) >= 11 is 2.81. The van der Waals surface area contributed by atoms with E-state index in [2.05, 4.69) is 10.3 Å². The Morgan fingerprint density at radius 1 is 1.39 bits per heavy atom. The highest BCUT2D eigenvalue weighted by atomic mass is 32.2. The summed E-state index contributed by atoms with van der Waals surface area (Å²) in [6.45, 7) is 3.73. The molecule has 0 radical (unpaired) electrons. The summed E-state index contributed by atoms with van der Waals surface area (Å²) in [5, 5.41) is 5.39. The number of benzene rings is 1. The second-order valence-electron chi connectivity index (χ2n) is 4.96. The lowest BCUT2D eigenvalue weighted by Crippen LogP contribution is -2.29. The fourth-order valence-corrected chi connectivity index (χ4v) is 3.70. The molecule has 1 aromatic carbocycles. The van der Waals surface area contributed by atoms with E-state index in [1.807, 2.05) is 24.4 Å². The molecule has 23 heavy (non-hydrogen) atoms. The molecule has 0 aliphatic rings. The summed E-state index contributed by atoms with van der Waals surface area (Å²) in [4.78, 5) is 28.9. The maximum absolute atomic E-state index is 12.6. The molecule has 1 aromatic heterocycles. The number of nitrogens with two attached hydrogens (primary N) is 1. The molecular formula is C16H19N3O2S2. The Kier molecular flexibility index (Phi) is 6.18. The molecule has 1 heterocycles. The lowest BCUT2D eigenvalue weighted by atomic mass is 10.1. The zero-order valence-electron chi connectivity index (χ0n) is 13.0. The van der Waals surface area contributed by atoms with Crippen molar-refractivity contribution in [3.8, 4) is 0 Å². The molecule has 5 nitrogen and oxygen atoms in total. The number of thioether (sulfide) groups is 1. The molecule has 0 fully saturated rings. The van der Waals surface area contributed by atoms with Gasteiger partial charge in [-0.2, -0.15) is 0 Å². The first kappa shape index (κ1) is 17.5. The number of thiazole rings is 1. The van der Waals surface area contributed by atoms with Gasteiger partial charge >= 0.3 is 0 Å². The monoisotopic (exact) mass is 349 g/mol. The molecule has 0 bridgehead atoms. The van der Waals surface area contributed by atoms with Gasteiger partial charge in [0, 0.05) is 16.5 Å². The number of nitrogens with one attached hydrogen (secondary N) is 1. The van der Waals surface area contributed by atoms with Crippen molar-refractivity contribution in [1.82, 2.24) is 10.3 Å². The van der Waals surface area contributed by atoms with Crippen molar-refractivity contribution in [3.05, 3.63) is 46.4 Å². The lowest BCUT2D eigenvalue weighted by Gasteiger charge is -2.17. The van der Waals surface area contributed by atoms with E-state index >= 15 is 0 Å². The van der Waals surface area contributed by atoms with Gasteiger partial charge in [0.15, 0.2) is 0 Å². The third kappa shape index (κ3) is 4.56. The highest BCUT2D eigenvalue weighted by molar-refractivity contribution is 8.00. The van der Waals surface area contributed by atoms with E-state index in [9.17, 15) is 9.59 Å². The Hall–Kier alpha value is -1.86. The van der Waals surface area contributed by atoms with Crippen molar-refractivity contribution < 1.29 is 9.59 Å². The van der Waals surface area contributed by atoms with Crippen molar-refractivity contribution in [1.29, 1.82) is 0 Å². The molecule has 0 unspecified atom stereocenters. The molecular weight excluding hydrogens is 330 g/mol. The standard InChI is InChI=1S/C16H19N3O2S2/c1-3-12(16-18-8-9-22-16)19-15(21)11-6-4-5-7-13(11)23-10(2)14(17)20/h4-10,12H,3H2,1-2H3,(H2,17,20)(H,19,21)/t10-,12+/m0/s1. The smallest absolute Gasteiger partial charge is 0.252 e. The minimum atomic E-state index is -0.403. The van der Waals surface area contributed by atoms with Crippen LogP contribution in [0.4, 0.5) is 0 Å². The van der Waals surface area contributed by atoms with Crippen LogP contribution in [0.25, 0.3) is 0 Å². The number of primary amides is 1. The van der Waals surface area contributed by atoms with Crippen LogP contribution < -0.4 is 11.1 Å². The van der Waals surface area contributed by atoms with Crippen molar-refractivity contribution >= 4 is 34.9 Å². The topological polar surface area (TPSA) is 85.1 Å². The number of carbonyl (C=O) groups excluding carboxylic acids is 2. The minimum Gasteiger partial charge on any atom is -0.369 e. The third-order valence-corrected chi connectivity index (χ3v) is 5.38. The average Bonchev–Trinajstić information content (AvgIpc) is 3.07. The normalized spacial score (nSPS) is 13.3. The molecule has 3 N–H and O–H groups in total. The number of rotatable bonds is 7. The van der Waals surface area contributed by atoms with Crippen LogP contribution in [0.3, 0.4) is 0 Å². The van der Waals surface area contributed by atoms with E-state index < -0.39 is 11.2 Å². The summed E-state index contributed by atoms with van der Waals surface area (Å²) in [6.07, 6.45) is 2.49. The van der Waals surface area contributed by atoms with Gasteiger partial charge in [-0.1, -0.05) is 19.1 Å². The molecule has 2 aromatic rings. The number of nitrogens with zero attached hydrogens (tertiary/aromatic N) is 1. The van der Waals surface area contributed by atoms with E-state index in [0.29, 0.717) is 5.56 Å². The first-order chi connectivity index (χ1) is 11.0. The van der Waals surface area contributed by atoms with E-state index in [1.165, 1.54) is 23.1 Å². The van der Waals surface area contributed by atoms with E-state index in [1.54, 1.807) is 25.3 Å². The second-order valence-corrected chi connectivity index (χ2v) is 7.27. The van der Waals surface area contributed by atoms with Gasteiger partial charge < -0.3 is 11.1 Å². The first-order valence-electron chi connectivity index (χ1n) is 7.28. The maximum Gasteiger partial charge on any atom is 0.252 e. The molecule has 0 aliphatic carbocycles. The van der Waals surface area contributed by atoms with Crippen LogP contribution in [0.5, 0.6) is 0 Å². The molecule has 2 rings (SSSR count). The number of hydrogen-bond donors (Lipinski definition) is 2. The second kappa shape index (κ2) is 8.12. The van der Waals surface area contributed by atoms with Gasteiger partial charge in [-0.25, -0.2) is 4.98 Å². The van der Waals surface area contributed by atoms with Gasteiger partial charge in [0.1, 0.15) is 5.01 Å². The summed E-state index contributed by atoms with van der Waals surface area (Å²) in [5.41, 5.74) is 5.85. The minimum absolute atomic E-state index is 0.117. The number of carbonyl (C=O) groups is 2. The van der Waals surface area contributed by atoms with Gasteiger partial charge in [0.05, 0.1) is 16.9 Å². The van der Waals surface area contributed by atoms with Crippen molar-refractivity contribution in [3.63, 3.8) is 0 Å². The molecule has 122 valence electrons. The van der Waals surface area contributed by atoms with E-state index in [0.717, 1.165) is 16.3 Å². The van der Waals surface area contributed by atoms with Crippen molar-refractivity contribution in [2.75, 3.05) is 0 Å². The highest BCUT2D eigenvalue weighted by Gasteiger charge is 2.20. The van der Waals surface area contributed by atoms with Crippen LogP contribution in [0.1, 0.15) is 41.7 Å². The molecule has 0 aliphatic heterocycles. The number of amides is 2. The predicted molar refractivity (Wildman–Crippen MR) is 93.6 cm³/mol. The van der Waals surface area contributed by atoms with E-state index in [4.69, 9.17) is 5.73 Å². The largest absolute Gasteiger partial charge is 0.369 e. The van der Waals surface area contributed by atoms with Crippen LogP contribution >= 0.6 is 23.1 Å². The summed E-state index contributed by atoms with van der Waals surface area (Å²) in [7, 11) is 0. The average molecular weight is 349 g/mol. The quantitative estimate of drug-likeness (QED) is 0.753. The van der Waals surface area contributed by atoms with Gasteiger partial charge in [-0.3, -0.25) is 9.59 Å². The van der Waals surface area contributed by atoms with Crippen molar-refractivity contribution in [2.45, 2.75) is 36.5 Å². The zero-order valence-corrected chi connectivity index (χ0v) is 14.6. The molecule has 0 spiro atoms. The fourth-order valence-electron chi connectivity index (χ4n) is 1.99. The Labute approximate surface area is 143 Å². The Bertz CT molecular complexity index is 674. The fraction of sp³-hybridized carbons (Fsp3) is 0.312. The van der Waals surface area contributed by atoms with E-state index in [-0.39, 0.29) is 11.9 Å². The SMILES string of the molecule is CC[C@@H](NC(=O)c1ccccc1S[C@@H](C)C(N)=O)c1nccs1. The number of hydrogen-bond acceptors (Lipinski definition) is 5. The molecule has 7 heteroatoms. The number of aromatic nitrogens is 1. The maximum atomic E-state index is 12.6. The molecule has 0 saturated heterocycles. The van der Waals surface area contributed by atoms with Crippen LogP contribution in [-0.2, 0) is 4.79 Å². The van der Waals surface area contributed by atoms with Crippen LogP contribution in [0.15, 0.2) is 40.7 Å². The Morgan fingerprint density at radius 2 is 2.13 bits per heavy atom. The molecule has 2 atom stereocenters. The van der Waals surface area contributed by atoms with Gasteiger partial charge in [-0.05, 0) is 25.5 Å². The summed E-state index contributed by atoms with van der Waals surface area (Å²) in [6, 6.07) is 7.10. The molecule has 2 amide bonds. The van der Waals surface area contributed by atoms with Crippen LogP contribution in [0, 0.1) is 0 Å². The van der Waals surface area contributed by atoms with Gasteiger partial charge in [-0.15, -0.1) is 23.1 Å². The van der Waals surface area contributed by atoms with Crippen LogP contribution in [0.2, 0.25) is 0 Å². The zero-order chi connectivity index (χ0) is 16.8. The van der Waals surface area contributed by atoms with Crippen molar-refractivity contribution in [2.24, 2.45) is 5.73 Å². The first-order valence-corrected chi connectivity index (χ1v) is 9.04. The van der Waals surface area contributed by atoms with Gasteiger partial charge in [0.2, 0.25) is 5.91 Å². The third-order valence-electron chi connectivity index (χ3n) is 3.30.